The monoisotopic (exact) mass is 271 g/mol. The fourth-order valence-electron chi connectivity index (χ4n) is 1.85. The van der Waals surface area contributed by atoms with E-state index in [9.17, 15) is 0 Å². The molecular weight excluding hydrogens is 250 g/mol. The van der Waals surface area contributed by atoms with Gasteiger partial charge in [-0.05, 0) is 31.9 Å². The zero-order valence-electron chi connectivity index (χ0n) is 12.1. The van der Waals surface area contributed by atoms with Crippen LogP contribution in [0, 0.1) is 0 Å². The number of aryl methyl sites for hydroxylation is 1. The standard InChI is InChI=1S/C15H21N5/c1-3-20(2)15-11-14(18-12-19-15)17-10-6-8-13-7-4-5-9-16-13/h4-5,7,9,11-12H,3,6,8,10H2,1-2H3,(H,17,18,19). The molecule has 5 nitrogen and oxygen atoms in total. The van der Waals surface area contributed by atoms with Crippen LogP contribution in [-0.2, 0) is 6.42 Å². The van der Waals surface area contributed by atoms with Gasteiger partial charge in [0.1, 0.15) is 18.0 Å². The van der Waals surface area contributed by atoms with Crippen molar-refractivity contribution in [2.24, 2.45) is 0 Å². The van der Waals surface area contributed by atoms with Crippen molar-refractivity contribution in [1.82, 2.24) is 15.0 Å². The van der Waals surface area contributed by atoms with Crippen LogP contribution in [0.25, 0.3) is 0 Å². The number of nitrogens with one attached hydrogen (secondary N) is 1. The van der Waals surface area contributed by atoms with E-state index >= 15 is 0 Å². The van der Waals surface area contributed by atoms with Crippen LogP contribution in [0.1, 0.15) is 19.0 Å². The summed E-state index contributed by atoms with van der Waals surface area (Å²) in [6.45, 7) is 3.90. The molecule has 2 aromatic heterocycles. The number of hydrogen-bond acceptors (Lipinski definition) is 5. The van der Waals surface area contributed by atoms with E-state index in [0.29, 0.717) is 0 Å². The fourth-order valence-corrected chi connectivity index (χ4v) is 1.85. The lowest BCUT2D eigenvalue weighted by atomic mass is 10.2. The first-order valence-corrected chi connectivity index (χ1v) is 6.96. The summed E-state index contributed by atoms with van der Waals surface area (Å²) in [7, 11) is 2.02. The molecule has 0 aromatic carbocycles. The Morgan fingerprint density at radius 2 is 2.10 bits per heavy atom. The minimum Gasteiger partial charge on any atom is -0.370 e. The summed E-state index contributed by atoms with van der Waals surface area (Å²) < 4.78 is 0. The lowest BCUT2D eigenvalue weighted by molar-refractivity contribution is 0.831. The minimum atomic E-state index is 0.872. The van der Waals surface area contributed by atoms with Gasteiger partial charge in [-0.2, -0.15) is 0 Å². The number of pyridine rings is 1. The van der Waals surface area contributed by atoms with Gasteiger partial charge in [0, 0.05) is 38.1 Å². The van der Waals surface area contributed by atoms with Gasteiger partial charge >= 0.3 is 0 Å². The fraction of sp³-hybridized carbons (Fsp3) is 0.400. The van der Waals surface area contributed by atoms with Crippen LogP contribution in [-0.4, -0.2) is 35.1 Å². The molecule has 0 bridgehead atoms. The highest BCUT2D eigenvalue weighted by Gasteiger charge is 2.02. The lowest BCUT2D eigenvalue weighted by Gasteiger charge is -2.15. The lowest BCUT2D eigenvalue weighted by Crippen LogP contribution is -2.17. The molecule has 0 saturated heterocycles. The molecule has 20 heavy (non-hydrogen) atoms. The first-order chi connectivity index (χ1) is 9.79. The van der Waals surface area contributed by atoms with Crippen LogP contribution in [0.4, 0.5) is 11.6 Å². The van der Waals surface area contributed by atoms with Crippen molar-refractivity contribution in [1.29, 1.82) is 0 Å². The van der Waals surface area contributed by atoms with Gasteiger partial charge in [-0.1, -0.05) is 6.07 Å². The predicted molar refractivity (Wildman–Crippen MR) is 82.0 cm³/mol. The van der Waals surface area contributed by atoms with Crippen molar-refractivity contribution in [3.63, 3.8) is 0 Å². The Morgan fingerprint density at radius 3 is 2.85 bits per heavy atom. The summed E-state index contributed by atoms with van der Waals surface area (Å²) in [6, 6.07) is 7.99. The summed E-state index contributed by atoms with van der Waals surface area (Å²) in [6.07, 6.45) is 5.43. The topological polar surface area (TPSA) is 53.9 Å². The third-order valence-electron chi connectivity index (χ3n) is 3.16. The largest absolute Gasteiger partial charge is 0.370 e. The highest BCUT2D eigenvalue weighted by atomic mass is 15.2. The third kappa shape index (κ3) is 4.19. The van der Waals surface area contributed by atoms with E-state index in [2.05, 4.69) is 38.2 Å². The highest BCUT2D eigenvalue weighted by Crippen LogP contribution is 2.12. The molecular formula is C15H21N5. The van der Waals surface area contributed by atoms with Gasteiger partial charge in [0.05, 0.1) is 0 Å². The van der Waals surface area contributed by atoms with E-state index in [-0.39, 0.29) is 0 Å². The summed E-state index contributed by atoms with van der Waals surface area (Å²) in [4.78, 5) is 14.9. The summed E-state index contributed by atoms with van der Waals surface area (Å²) in [5.74, 6) is 1.81. The SMILES string of the molecule is CCN(C)c1cc(NCCCc2ccccn2)ncn1. The maximum absolute atomic E-state index is 4.31. The molecule has 0 unspecified atom stereocenters. The molecule has 0 saturated carbocycles. The second-order valence-corrected chi connectivity index (χ2v) is 4.63. The molecule has 0 aliphatic heterocycles. The van der Waals surface area contributed by atoms with Crippen LogP contribution in [0.5, 0.6) is 0 Å². The van der Waals surface area contributed by atoms with E-state index in [1.165, 1.54) is 0 Å². The number of rotatable bonds is 7. The van der Waals surface area contributed by atoms with Crippen molar-refractivity contribution in [2.75, 3.05) is 30.4 Å². The Bertz CT molecular complexity index is 515. The average Bonchev–Trinajstić information content (AvgIpc) is 2.52. The van der Waals surface area contributed by atoms with E-state index in [0.717, 1.165) is 43.3 Å². The predicted octanol–water partition coefficient (Wildman–Crippen LogP) is 2.37. The molecule has 2 heterocycles. The Balaban J connectivity index is 1.79. The Labute approximate surface area is 120 Å². The normalized spacial score (nSPS) is 10.3. The van der Waals surface area contributed by atoms with Gasteiger partial charge in [0.2, 0.25) is 0 Å². The van der Waals surface area contributed by atoms with Crippen molar-refractivity contribution in [3.05, 3.63) is 42.5 Å². The second kappa shape index (κ2) is 7.43. The van der Waals surface area contributed by atoms with Gasteiger partial charge in [0.15, 0.2) is 0 Å². The quantitative estimate of drug-likeness (QED) is 0.784. The van der Waals surface area contributed by atoms with Crippen LogP contribution in [0.15, 0.2) is 36.8 Å². The Hall–Kier alpha value is -2.17. The van der Waals surface area contributed by atoms with E-state index in [4.69, 9.17) is 0 Å². The molecule has 1 N–H and O–H groups in total. The number of nitrogens with zero attached hydrogens (tertiary/aromatic N) is 4. The first kappa shape index (κ1) is 14.2. The van der Waals surface area contributed by atoms with E-state index in [1.54, 1.807) is 6.33 Å². The summed E-state index contributed by atoms with van der Waals surface area (Å²) in [5, 5.41) is 3.33. The maximum Gasteiger partial charge on any atom is 0.133 e. The molecule has 0 aliphatic carbocycles. The van der Waals surface area contributed by atoms with Gasteiger partial charge in [-0.15, -0.1) is 0 Å². The molecule has 0 fully saturated rings. The third-order valence-corrected chi connectivity index (χ3v) is 3.16. The summed E-state index contributed by atoms with van der Waals surface area (Å²) >= 11 is 0. The van der Waals surface area contributed by atoms with Crippen LogP contribution in [0.2, 0.25) is 0 Å². The minimum absolute atomic E-state index is 0.872. The molecule has 0 aliphatic rings. The average molecular weight is 271 g/mol. The molecule has 0 atom stereocenters. The molecule has 2 rings (SSSR count). The van der Waals surface area contributed by atoms with Gasteiger partial charge < -0.3 is 10.2 Å². The highest BCUT2D eigenvalue weighted by molar-refractivity contribution is 5.47. The number of anilines is 2. The van der Waals surface area contributed by atoms with Crippen molar-refractivity contribution < 1.29 is 0 Å². The first-order valence-electron chi connectivity index (χ1n) is 6.96. The zero-order valence-corrected chi connectivity index (χ0v) is 12.1. The molecule has 2 aromatic rings. The molecule has 0 amide bonds. The molecule has 5 heteroatoms. The number of aromatic nitrogens is 3. The molecule has 106 valence electrons. The smallest absolute Gasteiger partial charge is 0.133 e. The van der Waals surface area contributed by atoms with Crippen molar-refractivity contribution in [3.8, 4) is 0 Å². The van der Waals surface area contributed by atoms with Crippen LogP contribution < -0.4 is 10.2 Å². The second-order valence-electron chi connectivity index (χ2n) is 4.63. The Morgan fingerprint density at radius 1 is 1.20 bits per heavy atom. The summed E-state index contributed by atoms with van der Waals surface area (Å²) in [5.41, 5.74) is 1.13. The van der Waals surface area contributed by atoms with Gasteiger partial charge in [0.25, 0.3) is 0 Å². The molecule has 0 radical (unpaired) electrons. The van der Waals surface area contributed by atoms with Crippen molar-refractivity contribution in [2.45, 2.75) is 19.8 Å². The Kier molecular flexibility index (Phi) is 5.29. The number of hydrogen-bond donors (Lipinski definition) is 1. The van der Waals surface area contributed by atoms with Gasteiger partial charge in [-0.25, -0.2) is 9.97 Å². The van der Waals surface area contributed by atoms with Gasteiger partial charge in [-0.3, -0.25) is 4.98 Å². The van der Waals surface area contributed by atoms with E-state index < -0.39 is 0 Å². The van der Waals surface area contributed by atoms with Crippen molar-refractivity contribution >= 4 is 11.6 Å². The van der Waals surface area contributed by atoms with Crippen LogP contribution in [0.3, 0.4) is 0 Å². The zero-order chi connectivity index (χ0) is 14.2. The molecule has 0 spiro atoms. The maximum atomic E-state index is 4.31. The van der Waals surface area contributed by atoms with Crippen LogP contribution >= 0.6 is 0 Å². The van der Waals surface area contributed by atoms with E-state index in [1.807, 2.05) is 31.4 Å².